The van der Waals surface area contributed by atoms with E-state index in [1.165, 1.54) is 27.5 Å². The molecule has 0 fully saturated rings. The molecule has 0 radical (unpaired) electrons. The smallest absolute Gasteiger partial charge is 0.137 e. The van der Waals surface area contributed by atoms with Gasteiger partial charge in [0.25, 0.3) is 0 Å². The third kappa shape index (κ3) is 2.13. The van der Waals surface area contributed by atoms with Gasteiger partial charge in [0.2, 0.25) is 0 Å². The lowest BCUT2D eigenvalue weighted by Gasteiger charge is -2.44. The van der Waals surface area contributed by atoms with Crippen molar-refractivity contribution in [1.82, 2.24) is 9.55 Å². The van der Waals surface area contributed by atoms with E-state index in [0.717, 1.165) is 16.9 Å². The Labute approximate surface area is 178 Å². The van der Waals surface area contributed by atoms with E-state index in [9.17, 15) is 5.11 Å². The standard InChI is InChI=1S/C27H30N2O/c1-16-12-13-28-22(14-16)29-20-11-10-19-24(26(4,5)27(6,7)25(19,2)3)23(20)18-9-8-17(30)15-21(18)29/h8-15,30H,1-7H3. The number of phenolic OH excluding ortho intramolecular Hbond substituents is 1. The summed E-state index contributed by atoms with van der Waals surface area (Å²) in [5.41, 5.74) is 6.29. The van der Waals surface area contributed by atoms with Crippen molar-refractivity contribution in [3.05, 3.63) is 65.4 Å². The van der Waals surface area contributed by atoms with Crippen LogP contribution in [-0.4, -0.2) is 14.7 Å². The van der Waals surface area contributed by atoms with Gasteiger partial charge in [-0.2, -0.15) is 0 Å². The lowest BCUT2D eigenvalue weighted by Crippen LogP contribution is -2.42. The molecule has 0 spiro atoms. The van der Waals surface area contributed by atoms with Crippen LogP contribution in [0.5, 0.6) is 5.75 Å². The quantitative estimate of drug-likeness (QED) is 0.383. The Kier molecular flexibility index (Phi) is 3.62. The maximum Gasteiger partial charge on any atom is 0.137 e. The topological polar surface area (TPSA) is 38.0 Å². The van der Waals surface area contributed by atoms with Gasteiger partial charge in [0.05, 0.1) is 11.0 Å². The second kappa shape index (κ2) is 5.66. The van der Waals surface area contributed by atoms with Gasteiger partial charge in [-0.25, -0.2) is 4.98 Å². The summed E-state index contributed by atoms with van der Waals surface area (Å²) in [6.07, 6.45) is 1.86. The summed E-state index contributed by atoms with van der Waals surface area (Å²) in [4.78, 5) is 4.68. The molecule has 154 valence electrons. The number of pyridine rings is 1. The maximum absolute atomic E-state index is 10.3. The normalized spacial score (nSPS) is 18.8. The molecule has 0 atom stereocenters. The fraction of sp³-hybridized carbons (Fsp3) is 0.370. The average molecular weight is 399 g/mol. The molecule has 1 aliphatic carbocycles. The first-order valence-corrected chi connectivity index (χ1v) is 10.7. The number of nitrogens with zero attached hydrogens (tertiary/aromatic N) is 2. The fourth-order valence-electron chi connectivity index (χ4n) is 5.59. The van der Waals surface area contributed by atoms with E-state index in [4.69, 9.17) is 0 Å². The lowest BCUT2D eigenvalue weighted by atomic mass is 9.59. The number of hydrogen-bond donors (Lipinski definition) is 1. The molecule has 1 N–H and O–H groups in total. The Balaban J connectivity index is 2.02. The van der Waals surface area contributed by atoms with Gasteiger partial charge < -0.3 is 5.11 Å². The van der Waals surface area contributed by atoms with Crippen LogP contribution in [0.25, 0.3) is 27.6 Å². The van der Waals surface area contributed by atoms with Crippen molar-refractivity contribution in [2.24, 2.45) is 5.41 Å². The minimum atomic E-state index is -0.0115. The number of aromatic hydroxyl groups is 1. The molecule has 3 heteroatoms. The van der Waals surface area contributed by atoms with Crippen LogP contribution < -0.4 is 0 Å². The average Bonchev–Trinajstić information content (AvgIpc) is 3.04. The molecule has 0 aliphatic heterocycles. The van der Waals surface area contributed by atoms with Crippen molar-refractivity contribution in [2.75, 3.05) is 0 Å². The number of rotatable bonds is 1. The Bertz CT molecular complexity index is 1340. The highest BCUT2D eigenvalue weighted by Crippen LogP contribution is 2.63. The van der Waals surface area contributed by atoms with Gasteiger partial charge in [-0.05, 0) is 70.2 Å². The molecular formula is C27H30N2O. The first-order valence-electron chi connectivity index (χ1n) is 10.7. The fourth-order valence-corrected chi connectivity index (χ4v) is 5.59. The molecule has 0 bridgehead atoms. The molecule has 5 rings (SSSR count). The van der Waals surface area contributed by atoms with Crippen molar-refractivity contribution in [1.29, 1.82) is 0 Å². The summed E-state index contributed by atoms with van der Waals surface area (Å²) < 4.78 is 2.20. The van der Waals surface area contributed by atoms with E-state index >= 15 is 0 Å². The van der Waals surface area contributed by atoms with Crippen molar-refractivity contribution in [3.63, 3.8) is 0 Å². The highest BCUT2D eigenvalue weighted by molar-refractivity contribution is 6.12. The van der Waals surface area contributed by atoms with Crippen molar-refractivity contribution in [2.45, 2.75) is 59.3 Å². The molecule has 0 saturated heterocycles. The molecule has 4 aromatic rings. The van der Waals surface area contributed by atoms with Crippen LogP contribution in [-0.2, 0) is 10.8 Å². The molecule has 2 aromatic carbocycles. The molecule has 0 unspecified atom stereocenters. The predicted molar refractivity (Wildman–Crippen MR) is 125 cm³/mol. The van der Waals surface area contributed by atoms with Crippen LogP contribution in [0.3, 0.4) is 0 Å². The van der Waals surface area contributed by atoms with Gasteiger partial charge in [0, 0.05) is 23.0 Å². The number of phenols is 1. The van der Waals surface area contributed by atoms with Crippen LogP contribution in [0.2, 0.25) is 0 Å². The molecule has 30 heavy (non-hydrogen) atoms. The Morgan fingerprint density at radius 3 is 2.27 bits per heavy atom. The van der Waals surface area contributed by atoms with Crippen LogP contribution in [0, 0.1) is 12.3 Å². The lowest BCUT2D eigenvalue weighted by molar-refractivity contribution is 0.125. The van der Waals surface area contributed by atoms with Crippen molar-refractivity contribution < 1.29 is 5.11 Å². The summed E-state index contributed by atoms with van der Waals surface area (Å²) in [5.74, 6) is 1.16. The van der Waals surface area contributed by atoms with Gasteiger partial charge in [-0.15, -0.1) is 0 Å². The van der Waals surface area contributed by atoms with Crippen molar-refractivity contribution >= 4 is 21.8 Å². The molecule has 0 amide bonds. The molecule has 2 aromatic heterocycles. The first kappa shape index (κ1) is 19.2. The Morgan fingerprint density at radius 1 is 0.833 bits per heavy atom. The summed E-state index contributed by atoms with van der Waals surface area (Å²) in [7, 11) is 0. The second-order valence-electron chi connectivity index (χ2n) is 10.5. The summed E-state index contributed by atoms with van der Waals surface area (Å²) in [6, 6.07) is 14.4. The summed E-state index contributed by atoms with van der Waals surface area (Å²) >= 11 is 0. The number of benzene rings is 2. The zero-order valence-corrected chi connectivity index (χ0v) is 19.0. The first-order chi connectivity index (χ1) is 14.0. The van der Waals surface area contributed by atoms with Gasteiger partial charge in [-0.3, -0.25) is 4.57 Å². The predicted octanol–water partition coefficient (Wildman–Crippen LogP) is 6.79. The molecule has 2 heterocycles. The van der Waals surface area contributed by atoms with Gasteiger partial charge in [0.1, 0.15) is 11.6 Å². The summed E-state index contributed by atoms with van der Waals surface area (Å²) in [6.45, 7) is 16.4. The van der Waals surface area contributed by atoms with Crippen LogP contribution in [0.4, 0.5) is 0 Å². The minimum Gasteiger partial charge on any atom is -0.508 e. The number of fused-ring (bicyclic) bond motifs is 5. The SMILES string of the molecule is Cc1ccnc(-n2c3cc(O)ccc3c3c4c(ccc32)C(C)(C)C(C)(C)C4(C)C)c1. The Morgan fingerprint density at radius 2 is 1.57 bits per heavy atom. The molecule has 1 aliphatic rings. The number of aryl methyl sites for hydroxylation is 1. The van der Waals surface area contributed by atoms with Crippen LogP contribution in [0.1, 0.15) is 58.2 Å². The van der Waals surface area contributed by atoms with Gasteiger partial charge in [-0.1, -0.05) is 47.6 Å². The van der Waals surface area contributed by atoms with Crippen LogP contribution in [0.15, 0.2) is 48.7 Å². The third-order valence-electron chi connectivity index (χ3n) is 8.47. The number of aromatic nitrogens is 2. The Hall–Kier alpha value is -2.81. The van der Waals surface area contributed by atoms with Gasteiger partial charge in [0.15, 0.2) is 0 Å². The zero-order chi connectivity index (χ0) is 21.6. The monoisotopic (exact) mass is 398 g/mol. The van der Waals surface area contributed by atoms with E-state index in [0.29, 0.717) is 0 Å². The second-order valence-corrected chi connectivity index (χ2v) is 10.5. The maximum atomic E-state index is 10.3. The molecule has 0 saturated carbocycles. The van der Waals surface area contributed by atoms with E-state index in [1.807, 2.05) is 18.3 Å². The van der Waals surface area contributed by atoms with Gasteiger partial charge >= 0.3 is 0 Å². The van der Waals surface area contributed by atoms with E-state index < -0.39 is 0 Å². The van der Waals surface area contributed by atoms with Crippen molar-refractivity contribution in [3.8, 4) is 11.6 Å². The van der Waals surface area contributed by atoms with E-state index in [1.54, 1.807) is 6.07 Å². The number of hydrogen-bond acceptors (Lipinski definition) is 2. The molecule has 3 nitrogen and oxygen atoms in total. The largest absolute Gasteiger partial charge is 0.508 e. The minimum absolute atomic E-state index is 0.0115. The third-order valence-corrected chi connectivity index (χ3v) is 8.47. The highest BCUT2D eigenvalue weighted by Gasteiger charge is 2.57. The zero-order valence-electron chi connectivity index (χ0n) is 19.0. The van der Waals surface area contributed by atoms with E-state index in [2.05, 4.69) is 82.3 Å². The highest BCUT2D eigenvalue weighted by atomic mass is 16.3. The summed E-state index contributed by atoms with van der Waals surface area (Å²) in [5, 5.41) is 12.8. The molecular weight excluding hydrogens is 368 g/mol. The van der Waals surface area contributed by atoms with Crippen LogP contribution >= 0.6 is 0 Å². The van der Waals surface area contributed by atoms with E-state index in [-0.39, 0.29) is 22.0 Å².